The van der Waals surface area contributed by atoms with Crippen LogP contribution in [-0.4, -0.2) is 40.0 Å². The van der Waals surface area contributed by atoms with Crippen molar-refractivity contribution in [2.45, 2.75) is 13.3 Å². The lowest BCUT2D eigenvalue weighted by Gasteiger charge is -2.17. The molecule has 0 aliphatic heterocycles. The summed E-state index contributed by atoms with van der Waals surface area (Å²) in [6.45, 7) is 1.62. The summed E-state index contributed by atoms with van der Waals surface area (Å²) >= 11 is 6.74. The van der Waals surface area contributed by atoms with Crippen LogP contribution in [-0.2, 0) is 11.2 Å². The number of phenolic OH excluding ortho intramolecular Hbond substituents is 1. The first-order valence-corrected chi connectivity index (χ1v) is 7.42. The molecule has 104 valence electrons. The molecule has 0 saturated heterocycles. The van der Waals surface area contributed by atoms with Crippen molar-refractivity contribution in [2.75, 3.05) is 19.8 Å². The molecule has 1 aromatic carbocycles. The lowest BCUT2D eigenvalue weighted by atomic mass is 9.98. The van der Waals surface area contributed by atoms with Crippen molar-refractivity contribution < 1.29 is 9.90 Å². The van der Waals surface area contributed by atoms with Gasteiger partial charge >= 0.3 is 0 Å². The highest BCUT2D eigenvalue weighted by atomic mass is 32.2. The number of carbonyl (C=O) groups is 1. The standard InChI is InChI=1S/C14H19NO2S2/c1-10(16)12(9-19-14(18)15(2)3)8-11-4-6-13(17)7-5-11/h4-7,12,17H,8-9H2,1-3H3. The van der Waals surface area contributed by atoms with Crippen LogP contribution in [0, 0.1) is 5.92 Å². The number of carbonyl (C=O) groups excluding carboxylic acids is 1. The summed E-state index contributed by atoms with van der Waals surface area (Å²) in [5, 5.41) is 9.24. The Morgan fingerprint density at radius 1 is 1.37 bits per heavy atom. The van der Waals surface area contributed by atoms with Crippen LogP contribution in [0.2, 0.25) is 0 Å². The van der Waals surface area contributed by atoms with Crippen LogP contribution in [0.4, 0.5) is 0 Å². The normalized spacial score (nSPS) is 11.9. The predicted molar refractivity (Wildman–Crippen MR) is 84.7 cm³/mol. The van der Waals surface area contributed by atoms with Crippen LogP contribution in [0.1, 0.15) is 12.5 Å². The zero-order valence-corrected chi connectivity index (χ0v) is 13.1. The molecule has 0 aliphatic carbocycles. The smallest absolute Gasteiger partial charge is 0.135 e. The zero-order valence-electron chi connectivity index (χ0n) is 11.4. The third-order valence-corrected chi connectivity index (χ3v) is 4.67. The lowest BCUT2D eigenvalue weighted by Crippen LogP contribution is -2.21. The average Bonchev–Trinajstić information content (AvgIpc) is 2.35. The Kier molecular flexibility index (Phi) is 6.31. The van der Waals surface area contributed by atoms with E-state index in [1.165, 1.54) is 11.8 Å². The van der Waals surface area contributed by atoms with Gasteiger partial charge in [-0.3, -0.25) is 4.79 Å². The third-order valence-electron chi connectivity index (χ3n) is 2.77. The fourth-order valence-corrected chi connectivity index (χ4v) is 2.70. The first-order chi connectivity index (χ1) is 8.90. The number of hydrogen-bond acceptors (Lipinski definition) is 4. The topological polar surface area (TPSA) is 40.5 Å². The number of benzene rings is 1. The average molecular weight is 297 g/mol. The van der Waals surface area contributed by atoms with Gasteiger partial charge in [-0.2, -0.15) is 0 Å². The van der Waals surface area contributed by atoms with Crippen LogP contribution in [0.3, 0.4) is 0 Å². The number of phenols is 1. The number of aromatic hydroxyl groups is 1. The highest BCUT2D eigenvalue weighted by Crippen LogP contribution is 2.19. The summed E-state index contributed by atoms with van der Waals surface area (Å²) < 4.78 is 0.789. The van der Waals surface area contributed by atoms with Crippen LogP contribution in [0.15, 0.2) is 24.3 Å². The molecule has 0 heterocycles. The van der Waals surface area contributed by atoms with Gasteiger partial charge in [0.2, 0.25) is 0 Å². The van der Waals surface area contributed by atoms with E-state index in [2.05, 4.69) is 0 Å². The number of thiocarbonyl (C=S) groups is 1. The Labute approximate surface area is 124 Å². The minimum atomic E-state index is -0.0487. The highest BCUT2D eigenvalue weighted by molar-refractivity contribution is 8.22. The van der Waals surface area contributed by atoms with Gasteiger partial charge < -0.3 is 10.0 Å². The van der Waals surface area contributed by atoms with Gasteiger partial charge in [0, 0.05) is 25.8 Å². The summed E-state index contributed by atoms with van der Waals surface area (Å²) in [4.78, 5) is 13.6. The predicted octanol–water partition coefficient (Wildman–Crippen LogP) is 2.72. The first kappa shape index (κ1) is 16.0. The number of rotatable bonds is 5. The molecular formula is C14H19NO2S2. The van der Waals surface area contributed by atoms with Gasteiger partial charge in [0.05, 0.1) is 0 Å². The van der Waals surface area contributed by atoms with E-state index in [1.807, 2.05) is 31.1 Å². The van der Waals surface area contributed by atoms with Gasteiger partial charge in [-0.15, -0.1) is 0 Å². The second-order valence-electron chi connectivity index (χ2n) is 4.65. The Bertz CT molecular complexity index is 443. The van der Waals surface area contributed by atoms with Gasteiger partial charge in [-0.25, -0.2) is 0 Å². The molecule has 1 N–H and O–H groups in total. The van der Waals surface area contributed by atoms with E-state index in [4.69, 9.17) is 12.2 Å². The molecule has 3 nitrogen and oxygen atoms in total. The van der Waals surface area contributed by atoms with Gasteiger partial charge in [0.1, 0.15) is 15.9 Å². The molecule has 1 rings (SSSR count). The molecule has 0 bridgehead atoms. The van der Waals surface area contributed by atoms with E-state index in [-0.39, 0.29) is 17.5 Å². The van der Waals surface area contributed by atoms with Gasteiger partial charge in [0.25, 0.3) is 0 Å². The molecule has 1 aromatic rings. The monoisotopic (exact) mass is 297 g/mol. The molecule has 0 aliphatic rings. The van der Waals surface area contributed by atoms with Crippen molar-refractivity contribution in [3.05, 3.63) is 29.8 Å². The number of hydrogen-bond donors (Lipinski definition) is 1. The number of thioether (sulfide) groups is 1. The molecule has 0 radical (unpaired) electrons. The minimum Gasteiger partial charge on any atom is -0.508 e. The van der Waals surface area contributed by atoms with Gasteiger partial charge in [-0.1, -0.05) is 36.1 Å². The summed E-state index contributed by atoms with van der Waals surface area (Å²) in [6.07, 6.45) is 0.679. The number of ketones is 1. The fraction of sp³-hybridized carbons (Fsp3) is 0.429. The molecule has 19 heavy (non-hydrogen) atoms. The Morgan fingerprint density at radius 2 is 1.95 bits per heavy atom. The van der Waals surface area contributed by atoms with Crippen LogP contribution in [0.5, 0.6) is 5.75 Å². The summed E-state index contributed by atoms with van der Waals surface area (Å²) in [5.74, 6) is 1.05. The quantitative estimate of drug-likeness (QED) is 0.846. The van der Waals surface area contributed by atoms with E-state index in [0.717, 1.165) is 9.88 Å². The second kappa shape index (κ2) is 7.50. The van der Waals surface area contributed by atoms with E-state index in [0.29, 0.717) is 12.2 Å². The molecule has 0 saturated carbocycles. The Hall–Kier alpha value is -1.07. The Balaban J connectivity index is 2.60. The van der Waals surface area contributed by atoms with E-state index in [9.17, 15) is 9.90 Å². The van der Waals surface area contributed by atoms with E-state index >= 15 is 0 Å². The van der Waals surface area contributed by atoms with Gasteiger partial charge in [0.15, 0.2) is 0 Å². The second-order valence-corrected chi connectivity index (χ2v) is 6.30. The molecule has 1 atom stereocenters. The lowest BCUT2D eigenvalue weighted by molar-refractivity contribution is -0.120. The van der Waals surface area contributed by atoms with Crippen molar-refractivity contribution in [3.8, 4) is 5.75 Å². The van der Waals surface area contributed by atoms with Crippen LogP contribution < -0.4 is 0 Å². The number of Topliss-reactive ketones (excluding diaryl/α,β-unsaturated/α-hetero) is 1. The van der Waals surface area contributed by atoms with Crippen molar-refractivity contribution in [1.82, 2.24) is 4.90 Å². The molecule has 1 unspecified atom stereocenters. The van der Waals surface area contributed by atoms with E-state index in [1.54, 1.807) is 19.1 Å². The fourth-order valence-electron chi connectivity index (χ4n) is 1.54. The molecule has 0 spiro atoms. The minimum absolute atomic E-state index is 0.0487. The molecule has 0 amide bonds. The molecule has 0 aromatic heterocycles. The summed E-state index contributed by atoms with van der Waals surface area (Å²) in [5.41, 5.74) is 1.05. The zero-order chi connectivity index (χ0) is 14.4. The SMILES string of the molecule is CC(=O)C(CSC(=S)N(C)C)Cc1ccc(O)cc1. The van der Waals surface area contributed by atoms with Crippen molar-refractivity contribution >= 4 is 34.1 Å². The van der Waals surface area contributed by atoms with Crippen LogP contribution >= 0.6 is 24.0 Å². The van der Waals surface area contributed by atoms with Crippen LogP contribution in [0.25, 0.3) is 0 Å². The largest absolute Gasteiger partial charge is 0.508 e. The van der Waals surface area contributed by atoms with E-state index < -0.39 is 0 Å². The van der Waals surface area contributed by atoms with Crippen molar-refractivity contribution in [3.63, 3.8) is 0 Å². The van der Waals surface area contributed by atoms with Crippen molar-refractivity contribution in [1.29, 1.82) is 0 Å². The highest BCUT2D eigenvalue weighted by Gasteiger charge is 2.16. The Morgan fingerprint density at radius 3 is 2.42 bits per heavy atom. The number of nitrogens with zero attached hydrogens (tertiary/aromatic N) is 1. The summed E-state index contributed by atoms with van der Waals surface area (Å²) in [7, 11) is 3.80. The molecule has 0 fully saturated rings. The summed E-state index contributed by atoms with van der Waals surface area (Å²) in [6, 6.07) is 6.98. The third kappa shape index (κ3) is 5.61. The van der Waals surface area contributed by atoms with Gasteiger partial charge in [-0.05, 0) is 31.0 Å². The first-order valence-electron chi connectivity index (χ1n) is 6.02. The molecule has 5 heteroatoms. The van der Waals surface area contributed by atoms with Crippen molar-refractivity contribution in [2.24, 2.45) is 5.92 Å². The maximum Gasteiger partial charge on any atom is 0.135 e. The maximum absolute atomic E-state index is 11.7. The molecular weight excluding hydrogens is 278 g/mol. The maximum atomic E-state index is 11.7.